The van der Waals surface area contributed by atoms with Crippen LogP contribution in [0, 0.1) is 0 Å². The van der Waals surface area contributed by atoms with Crippen LogP contribution in [0.4, 0.5) is 0 Å². The second kappa shape index (κ2) is 5.45. The van der Waals surface area contributed by atoms with Gasteiger partial charge in [0.2, 0.25) is 0 Å². The Morgan fingerprint density at radius 3 is 2.91 bits per heavy atom. The number of aromatic nitrogens is 4. The predicted molar refractivity (Wildman–Crippen MR) is 78.7 cm³/mol. The number of hydrogen-bond donors (Lipinski definition) is 0. The van der Waals surface area contributed by atoms with E-state index in [-0.39, 0.29) is 18.1 Å². The van der Waals surface area contributed by atoms with Gasteiger partial charge < -0.3 is 18.7 Å². The van der Waals surface area contributed by atoms with Crippen molar-refractivity contribution in [1.82, 2.24) is 24.6 Å². The van der Waals surface area contributed by atoms with Gasteiger partial charge in [-0.1, -0.05) is 5.16 Å². The first-order valence-corrected chi connectivity index (χ1v) is 7.87. The van der Waals surface area contributed by atoms with Gasteiger partial charge in [-0.15, -0.1) is 0 Å². The minimum absolute atomic E-state index is 0.142. The first-order chi connectivity index (χ1) is 11.1. The van der Waals surface area contributed by atoms with E-state index in [4.69, 9.17) is 9.26 Å². The number of hydrogen-bond acceptors (Lipinski definition) is 6. The van der Waals surface area contributed by atoms with Crippen molar-refractivity contribution in [2.45, 2.75) is 37.8 Å². The molecule has 0 N–H and O–H groups in total. The Balaban J connectivity index is 1.63. The highest BCUT2D eigenvalue weighted by Gasteiger charge is 2.40. The van der Waals surface area contributed by atoms with Crippen molar-refractivity contribution in [3.8, 4) is 0 Å². The van der Waals surface area contributed by atoms with Crippen molar-refractivity contribution in [1.29, 1.82) is 0 Å². The fourth-order valence-electron chi connectivity index (χ4n) is 2.93. The molecule has 8 heteroatoms. The Bertz CT molecular complexity index is 720. The first-order valence-electron chi connectivity index (χ1n) is 7.87. The zero-order valence-electron chi connectivity index (χ0n) is 13.2. The van der Waals surface area contributed by atoms with Crippen molar-refractivity contribution in [3.05, 3.63) is 29.9 Å². The van der Waals surface area contributed by atoms with Gasteiger partial charge in [-0.25, -0.2) is 4.98 Å². The SMILES string of the molecule is C[C@H]1OCCN(C(=O)c2cn(C)cn2)[C@@H]1c1nc(C2CC2)no1. The second-order valence-electron chi connectivity index (χ2n) is 6.21. The second-order valence-corrected chi connectivity index (χ2v) is 6.21. The molecule has 2 aromatic rings. The summed E-state index contributed by atoms with van der Waals surface area (Å²) in [5.41, 5.74) is 0.411. The van der Waals surface area contributed by atoms with Crippen LogP contribution in [0.15, 0.2) is 17.0 Å². The summed E-state index contributed by atoms with van der Waals surface area (Å²) < 4.78 is 12.9. The highest BCUT2D eigenvalue weighted by Crippen LogP contribution is 2.39. The number of amides is 1. The van der Waals surface area contributed by atoms with Crippen LogP contribution in [0.1, 0.15) is 53.9 Å². The third-order valence-electron chi connectivity index (χ3n) is 4.33. The quantitative estimate of drug-likeness (QED) is 0.847. The number of ether oxygens (including phenoxy) is 1. The molecule has 2 atom stereocenters. The van der Waals surface area contributed by atoms with Crippen molar-refractivity contribution in [3.63, 3.8) is 0 Å². The summed E-state index contributed by atoms with van der Waals surface area (Å²) >= 11 is 0. The molecule has 0 spiro atoms. The van der Waals surface area contributed by atoms with Crippen molar-refractivity contribution in [2.75, 3.05) is 13.2 Å². The molecule has 1 saturated carbocycles. The molecule has 0 aromatic carbocycles. The molecular formula is C15H19N5O3. The molecule has 0 bridgehead atoms. The minimum atomic E-state index is -0.377. The van der Waals surface area contributed by atoms with Gasteiger partial charge in [0.1, 0.15) is 11.7 Å². The number of aryl methyl sites for hydroxylation is 1. The van der Waals surface area contributed by atoms with Crippen LogP contribution >= 0.6 is 0 Å². The van der Waals surface area contributed by atoms with Crippen molar-refractivity contribution in [2.24, 2.45) is 7.05 Å². The average Bonchev–Trinajstić information content (AvgIpc) is 3.12. The molecule has 23 heavy (non-hydrogen) atoms. The first kappa shape index (κ1) is 14.4. The van der Waals surface area contributed by atoms with Crippen LogP contribution in [0.3, 0.4) is 0 Å². The molecule has 1 saturated heterocycles. The van der Waals surface area contributed by atoms with Crippen LogP contribution in [0.25, 0.3) is 0 Å². The van der Waals surface area contributed by atoms with E-state index in [1.165, 1.54) is 0 Å². The highest BCUT2D eigenvalue weighted by molar-refractivity contribution is 5.92. The van der Waals surface area contributed by atoms with E-state index in [1.54, 1.807) is 22.0 Å². The van der Waals surface area contributed by atoms with Crippen LogP contribution in [-0.2, 0) is 11.8 Å². The van der Waals surface area contributed by atoms with Gasteiger partial charge in [-0.05, 0) is 19.8 Å². The molecule has 0 unspecified atom stereocenters. The molecule has 2 fully saturated rings. The third kappa shape index (κ3) is 2.63. The van der Waals surface area contributed by atoms with Crippen LogP contribution in [0.5, 0.6) is 0 Å². The molecule has 122 valence electrons. The zero-order chi connectivity index (χ0) is 16.0. The van der Waals surface area contributed by atoms with E-state index in [0.717, 1.165) is 18.7 Å². The van der Waals surface area contributed by atoms with Crippen molar-refractivity contribution < 1.29 is 14.1 Å². The molecule has 2 aromatic heterocycles. The maximum atomic E-state index is 12.8. The van der Waals surface area contributed by atoms with Crippen LogP contribution in [0.2, 0.25) is 0 Å². The minimum Gasteiger partial charge on any atom is -0.374 e. The normalized spacial score (nSPS) is 24.9. The van der Waals surface area contributed by atoms with Gasteiger partial charge in [0.05, 0.1) is 19.0 Å². The summed E-state index contributed by atoms with van der Waals surface area (Å²) in [6.07, 6.45) is 5.33. The smallest absolute Gasteiger partial charge is 0.274 e. The number of morpholine rings is 1. The number of rotatable bonds is 3. The summed E-state index contributed by atoms with van der Waals surface area (Å²) in [4.78, 5) is 23.2. The van der Waals surface area contributed by atoms with E-state index in [2.05, 4.69) is 15.1 Å². The summed E-state index contributed by atoms with van der Waals surface area (Å²) in [6, 6.07) is -0.377. The van der Waals surface area contributed by atoms with E-state index in [0.29, 0.717) is 30.7 Å². The molecule has 2 aliphatic rings. The van der Waals surface area contributed by atoms with Crippen LogP contribution in [-0.4, -0.2) is 49.8 Å². The Hall–Kier alpha value is -2.22. The summed E-state index contributed by atoms with van der Waals surface area (Å²) in [5.74, 6) is 1.45. The van der Waals surface area contributed by atoms with Gasteiger partial charge in [0.25, 0.3) is 11.8 Å². The fourth-order valence-corrected chi connectivity index (χ4v) is 2.93. The largest absolute Gasteiger partial charge is 0.374 e. The van der Waals surface area contributed by atoms with Gasteiger partial charge in [-0.2, -0.15) is 4.98 Å². The summed E-state index contributed by atoms with van der Waals surface area (Å²) in [5, 5.41) is 4.06. The third-order valence-corrected chi connectivity index (χ3v) is 4.33. The predicted octanol–water partition coefficient (Wildman–Crippen LogP) is 1.28. The molecule has 0 radical (unpaired) electrons. The van der Waals surface area contributed by atoms with E-state index in [9.17, 15) is 4.79 Å². The Morgan fingerprint density at radius 2 is 2.22 bits per heavy atom. The monoisotopic (exact) mass is 317 g/mol. The molecule has 1 aliphatic carbocycles. The summed E-state index contributed by atoms with van der Waals surface area (Å²) in [6.45, 7) is 2.88. The summed E-state index contributed by atoms with van der Waals surface area (Å²) in [7, 11) is 1.84. The van der Waals surface area contributed by atoms with Gasteiger partial charge >= 0.3 is 0 Å². The lowest BCUT2D eigenvalue weighted by Crippen LogP contribution is -2.47. The lowest BCUT2D eigenvalue weighted by molar-refractivity contribution is -0.0602. The van der Waals surface area contributed by atoms with E-state index >= 15 is 0 Å². The molecular weight excluding hydrogens is 298 g/mol. The molecule has 1 aliphatic heterocycles. The van der Waals surface area contributed by atoms with E-state index < -0.39 is 0 Å². The maximum Gasteiger partial charge on any atom is 0.274 e. The topological polar surface area (TPSA) is 86.3 Å². The standard InChI is InChI=1S/C15H19N5O3/c1-9-12(14-17-13(18-23-14)10-3-4-10)20(5-6-22-9)15(21)11-7-19(2)8-16-11/h7-10,12H,3-6H2,1-2H3/t9-,12+/m1/s1. The molecule has 1 amide bonds. The maximum absolute atomic E-state index is 12.8. The fraction of sp³-hybridized carbons (Fsp3) is 0.600. The average molecular weight is 317 g/mol. The van der Waals surface area contributed by atoms with Crippen LogP contribution < -0.4 is 0 Å². The molecule has 3 heterocycles. The number of carbonyl (C=O) groups excluding carboxylic acids is 1. The molecule has 4 rings (SSSR count). The van der Waals surface area contributed by atoms with Gasteiger partial charge in [0, 0.05) is 25.7 Å². The Labute approximate surface area is 133 Å². The zero-order valence-corrected chi connectivity index (χ0v) is 13.2. The van der Waals surface area contributed by atoms with Crippen molar-refractivity contribution >= 4 is 5.91 Å². The number of carbonyl (C=O) groups is 1. The highest BCUT2D eigenvalue weighted by atomic mass is 16.5. The lowest BCUT2D eigenvalue weighted by atomic mass is 10.1. The molecule has 8 nitrogen and oxygen atoms in total. The van der Waals surface area contributed by atoms with E-state index in [1.807, 2.05) is 14.0 Å². The number of nitrogens with zero attached hydrogens (tertiary/aromatic N) is 5. The number of imidazole rings is 1. The van der Waals surface area contributed by atoms with Gasteiger partial charge in [-0.3, -0.25) is 4.79 Å². The van der Waals surface area contributed by atoms with Gasteiger partial charge in [0.15, 0.2) is 5.82 Å². The lowest BCUT2D eigenvalue weighted by Gasteiger charge is -2.37. The Kier molecular flexibility index (Phi) is 3.41. The Morgan fingerprint density at radius 1 is 1.39 bits per heavy atom.